The van der Waals surface area contributed by atoms with Crippen molar-refractivity contribution in [1.29, 1.82) is 0 Å². The van der Waals surface area contributed by atoms with Gasteiger partial charge in [-0.15, -0.1) is 93.4 Å². The van der Waals surface area contributed by atoms with E-state index in [1.807, 2.05) is 0 Å². The van der Waals surface area contributed by atoms with E-state index in [0.29, 0.717) is 5.92 Å². The Kier molecular flexibility index (Phi) is 16.7. The molecule has 0 aromatic heterocycles. The average Bonchev–Trinajstić information content (AvgIpc) is 3.64. The Morgan fingerprint density at radius 2 is 1.11 bits per heavy atom. The summed E-state index contributed by atoms with van der Waals surface area (Å²) >= 11 is 1.36. The molecule has 0 saturated heterocycles. The van der Waals surface area contributed by atoms with Gasteiger partial charge in [0.1, 0.15) is 0 Å². The number of benzene rings is 5. The molecule has 0 aliphatic rings. The summed E-state index contributed by atoms with van der Waals surface area (Å²) in [4.78, 5) is 0. The van der Waals surface area contributed by atoms with Crippen molar-refractivity contribution in [1.82, 2.24) is 0 Å². The molecule has 0 spiro atoms. The molecule has 46 heavy (non-hydrogen) atoms. The summed E-state index contributed by atoms with van der Waals surface area (Å²) in [7, 11) is 0. The zero-order valence-corrected chi connectivity index (χ0v) is 33.0. The van der Waals surface area contributed by atoms with Gasteiger partial charge in [-0.2, -0.15) is 12.1 Å². The van der Waals surface area contributed by atoms with Crippen molar-refractivity contribution in [2.75, 3.05) is 0 Å². The molecule has 7 aromatic rings. The van der Waals surface area contributed by atoms with Crippen molar-refractivity contribution in [2.45, 2.75) is 40.5 Å². The zero-order valence-electron chi connectivity index (χ0n) is 27.9. The van der Waals surface area contributed by atoms with Crippen LogP contribution in [-0.2, 0) is 23.3 Å². The molecule has 0 bridgehead atoms. The van der Waals surface area contributed by atoms with E-state index in [-0.39, 0.29) is 39.7 Å². The first-order valence-electron chi connectivity index (χ1n) is 14.6. The molecule has 0 amide bonds. The quantitative estimate of drug-likeness (QED) is 0.125. The molecule has 0 unspecified atom stereocenters. The molecule has 7 aromatic carbocycles. The van der Waals surface area contributed by atoms with Gasteiger partial charge in [0.25, 0.3) is 0 Å². The monoisotopic (exact) mass is 736 g/mol. The Labute approximate surface area is 306 Å². The Morgan fingerprint density at radius 1 is 0.543 bits per heavy atom. The van der Waals surface area contributed by atoms with Crippen LogP contribution in [0.5, 0.6) is 0 Å². The van der Waals surface area contributed by atoms with Gasteiger partial charge in [-0.05, 0) is 40.3 Å². The van der Waals surface area contributed by atoms with Crippen molar-refractivity contribution in [3.63, 3.8) is 0 Å². The van der Waals surface area contributed by atoms with Crippen LogP contribution in [0.15, 0.2) is 121 Å². The van der Waals surface area contributed by atoms with Crippen LogP contribution in [0.3, 0.4) is 0 Å². The number of aryl methyl sites for hydroxylation is 3. The summed E-state index contributed by atoms with van der Waals surface area (Å²) in [5.41, 5.74) is 10.8. The van der Waals surface area contributed by atoms with E-state index in [9.17, 15) is 0 Å². The molecule has 0 atom stereocenters. The maximum atomic E-state index is 3.06. The fourth-order valence-corrected chi connectivity index (χ4v) is 5.99. The summed E-state index contributed by atoms with van der Waals surface area (Å²) in [6.45, 7) is 14.1. The molecule has 0 aliphatic carbocycles. The fraction of sp³-hybridized carbons (Fsp3) is 0.143. The molecule has 0 N–H and O–H groups in total. The first kappa shape index (κ1) is 41.3. The second-order valence-electron chi connectivity index (χ2n) is 11.4. The van der Waals surface area contributed by atoms with E-state index in [0.717, 1.165) is 0 Å². The van der Waals surface area contributed by atoms with Crippen LogP contribution in [0.25, 0.3) is 54.6 Å². The molecule has 0 saturated carbocycles. The normalized spacial score (nSPS) is 9.93. The third-order valence-corrected chi connectivity index (χ3v) is 8.20. The first-order valence-corrected chi connectivity index (χ1v) is 18.7. The van der Waals surface area contributed by atoms with E-state index >= 15 is 0 Å². The summed E-state index contributed by atoms with van der Waals surface area (Å²) < 4.78 is 0. The van der Waals surface area contributed by atoms with Gasteiger partial charge in [0.15, 0.2) is 0 Å². The Bertz CT molecular complexity index is 1990. The van der Waals surface area contributed by atoms with Crippen LogP contribution in [-0.4, -0.2) is 6.88 Å². The van der Waals surface area contributed by atoms with Gasteiger partial charge in [-0.1, -0.05) is 118 Å². The summed E-state index contributed by atoms with van der Waals surface area (Å²) in [6, 6.07) is 44.2. The predicted octanol–water partition coefficient (Wildman–Crippen LogP) is 13.0. The van der Waals surface area contributed by atoms with Crippen LogP contribution in [0.4, 0.5) is 0 Å². The molecule has 0 aliphatic heterocycles. The van der Waals surface area contributed by atoms with Crippen molar-refractivity contribution < 1.29 is 23.3 Å². The van der Waals surface area contributed by atoms with E-state index in [1.165, 1.54) is 100 Å². The van der Waals surface area contributed by atoms with E-state index in [4.69, 9.17) is 0 Å². The third-order valence-electron chi connectivity index (χ3n) is 8.20. The van der Waals surface area contributed by atoms with Crippen LogP contribution in [0, 0.1) is 35.6 Å². The van der Waals surface area contributed by atoms with Gasteiger partial charge in [-0.25, -0.2) is 0 Å². The molecular formula is C42H44Cl2SiZr-4. The molecule has 0 fully saturated rings. The molecule has 7 rings (SSSR count). The average molecular weight is 739 g/mol. The van der Waals surface area contributed by atoms with Crippen molar-refractivity contribution >= 4 is 64.0 Å². The number of rotatable bonds is 3. The van der Waals surface area contributed by atoms with E-state index in [2.05, 4.69) is 163 Å². The molecule has 4 heteroatoms. The predicted molar refractivity (Wildman–Crippen MR) is 209 cm³/mol. The topological polar surface area (TPSA) is 0 Å². The first-order chi connectivity index (χ1) is 20.4. The zero-order chi connectivity index (χ0) is 29.8. The second kappa shape index (κ2) is 18.6. The van der Waals surface area contributed by atoms with Gasteiger partial charge in [0.2, 0.25) is 0 Å². The third kappa shape index (κ3) is 8.59. The Balaban J connectivity index is 0.000000409. The minimum absolute atomic E-state index is 0. The molecular weight excluding hydrogens is 695 g/mol. The maximum absolute atomic E-state index is 3.06. The molecule has 2 radical (unpaired) electrons. The van der Waals surface area contributed by atoms with Crippen molar-refractivity contribution in [3.8, 4) is 22.3 Å². The number of fused-ring (bicyclic) bond motifs is 3. The SMILES string of the molecule is CC(C)c1cc2c(-c3cccc4ccccc34)cccc2[cH-]1.Cc1cc2c(-c3ccccc3C)ccc(C)c2[cH-]1.Cl.Cl.[CH3-].[CH3-].[Si]=[Zr]. The van der Waals surface area contributed by atoms with Gasteiger partial charge in [0, 0.05) is 0 Å². The number of hydrogen-bond acceptors (Lipinski definition) is 0. The van der Waals surface area contributed by atoms with Crippen molar-refractivity contribution in [3.05, 3.63) is 158 Å². The molecule has 238 valence electrons. The molecule has 0 heterocycles. The molecule has 0 nitrogen and oxygen atoms in total. The van der Waals surface area contributed by atoms with Crippen LogP contribution in [0.2, 0.25) is 0 Å². The Morgan fingerprint density at radius 3 is 1.80 bits per heavy atom. The fourth-order valence-electron chi connectivity index (χ4n) is 5.99. The summed E-state index contributed by atoms with van der Waals surface area (Å²) in [5, 5.41) is 8.09. The van der Waals surface area contributed by atoms with Gasteiger partial charge < -0.3 is 14.9 Å². The minimum atomic E-state index is 0. The number of hydrogen-bond donors (Lipinski definition) is 0. The summed E-state index contributed by atoms with van der Waals surface area (Å²) in [5.74, 6) is 0.563. The van der Waals surface area contributed by atoms with Crippen molar-refractivity contribution in [2.24, 2.45) is 0 Å². The summed E-state index contributed by atoms with van der Waals surface area (Å²) in [6.07, 6.45) is 0. The van der Waals surface area contributed by atoms with Crippen LogP contribution >= 0.6 is 24.8 Å². The number of halogens is 2. The standard InChI is InChI=1S/C22H19.C18H17.2CH3.2ClH.Si.Zr/c1-15(2)18-13-17-9-6-12-21(22(17)14-18)20-11-5-8-16-7-3-4-10-19(16)20;1-12-10-17-14(3)8-9-16(18(17)11-12)15-7-5-4-6-13(15)2;;;;;;/h3-15H,1-2H3;4-11H,1-3H3;2*1H3;2*1H;;/q4*-1;;;;. The van der Waals surface area contributed by atoms with Gasteiger partial charge >= 0.3 is 30.2 Å². The van der Waals surface area contributed by atoms with E-state index < -0.39 is 0 Å². The van der Waals surface area contributed by atoms with Crippen LogP contribution in [0.1, 0.15) is 42.0 Å². The second-order valence-corrected chi connectivity index (χ2v) is 11.4. The van der Waals surface area contributed by atoms with Gasteiger partial charge in [-0.3, -0.25) is 0 Å². The van der Waals surface area contributed by atoms with Crippen LogP contribution < -0.4 is 0 Å². The Hall–Kier alpha value is -2.74. The van der Waals surface area contributed by atoms with E-state index in [1.54, 1.807) is 0 Å². The van der Waals surface area contributed by atoms with Gasteiger partial charge in [0.05, 0.1) is 0 Å².